The van der Waals surface area contributed by atoms with Gasteiger partial charge in [0.25, 0.3) is 5.91 Å². The molecule has 4 aromatic rings. The zero-order valence-corrected chi connectivity index (χ0v) is 19.4. The summed E-state index contributed by atoms with van der Waals surface area (Å²) in [7, 11) is 0. The van der Waals surface area contributed by atoms with Crippen molar-refractivity contribution in [3.05, 3.63) is 65.4 Å². The number of nitrogens with zero attached hydrogens (tertiary/aromatic N) is 4. The fraction of sp³-hybridized carbons (Fsp3) is 0.360. The summed E-state index contributed by atoms with van der Waals surface area (Å²) in [5, 5.41) is 16.9. The van der Waals surface area contributed by atoms with Gasteiger partial charge in [0.2, 0.25) is 11.7 Å². The smallest absolute Gasteiger partial charge is 0.274 e. The second-order valence-corrected chi connectivity index (χ2v) is 9.43. The molecule has 0 unspecified atom stereocenters. The number of anilines is 1. The molecule has 9 nitrogen and oxygen atoms in total. The zero-order chi connectivity index (χ0) is 23.9. The van der Waals surface area contributed by atoms with Crippen LogP contribution in [0.4, 0.5) is 5.69 Å². The van der Waals surface area contributed by atoms with Crippen molar-refractivity contribution in [1.29, 1.82) is 0 Å². The van der Waals surface area contributed by atoms with Crippen molar-refractivity contribution in [2.75, 3.05) is 11.9 Å². The fourth-order valence-electron chi connectivity index (χ4n) is 3.63. The van der Waals surface area contributed by atoms with Crippen LogP contribution >= 0.6 is 0 Å². The SMILES string of the molecule is Cc1ccc(-c2noc(C3CC3)n2)cc1NC(=O)c1cnc2ccc(COCC(C)(C)O)cn12. The molecule has 1 aliphatic carbocycles. The van der Waals surface area contributed by atoms with Crippen molar-refractivity contribution < 1.29 is 19.2 Å². The quantitative estimate of drug-likeness (QED) is 0.406. The molecule has 2 N–H and O–H groups in total. The number of aliphatic hydroxyl groups is 1. The number of aryl methyl sites for hydroxylation is 1. The Labute approximate surface area is 196 Å². The number of nitrogens with one attached hydrogen (secondary N) is 1. The van der Waals surface area contributed by atoms with Crippen molar-refractivity contribution in [3.8, 4) is 11.4 Å². The number of amides is 1. The number of ether oxygens (including phenoxy) is 1. The van der Waals surface area contributed by atoms with E-state index in [0.29, 0.717) is 41.3 Å². The van der Waals surface area contributed by atoms with Crippen LogP contribution in [0.2, 0.25) is 0 Å². The van der Waals surface area contributed by atoms with Crippen molar-refractivity contribution in [2.24, 2.45) is 0 Å². The molecule has 0 radical (unpaired) electrons. The Morgan fingerprint density at radius 3 is 2.88 bits per heavy atom. The molecule has 0 bridgehead atoms. The van der Waals surface area contributed by atoms with E-state index in [1.165, 1.54) is 0 Å². The predicted octanol–water partition coefficient (Wildman–Crippen LogP) is 4.11. The largest absolute Gasteiger partial charge is 0.388 e. The van der Waals surface area contributed by atoms with E-state index in [9.17, 15) is 9.90 Å². The number of rotatable bonds is 8. The Bertz CT molecular complexity index is 1350. The predicted molar refractivity (Wildman–Crippen MR) is 126 cm³/mol. The molecule has 34 heavy (non-hydrogen) atoms. The summed E-state index contributed by atoms with van der Waals surface area (Å²) < 4.78 is 12.7. The highest BCUT2D eigenvalue weighted by Crippen LogP contribution is 2.39. The van der Waals surface area contributed by atoms with Crippen LogP contribution < -0.4 is 5.32 Å². The Hall–Kier alpha value is -3.56. The maximum Gasteiger partial charge on any atom is 0.274 e. The lowest BCUT2D eigenvalue weighted by Gasteiger charge is -2.17. The molecule has 1 amide bonds. The van der Waals surface area contributed by atoms with Crippen LogP contribution in [0.15, 0.2) is 47.2 Å². The second-order valence-electron chi connectivity index (χ2n) is 9.43. The van der Waals surface area contributed by atoms with Gasteiger partial charge in [-0.05, 0) is 56.9 Å². The van der Waals surface area contributed by atoms with Crippen LogP contribution in [-0.4, -0.2) is 42.7 Å². The van der Waals surface area contributed by atoms with Crippen LogP contribution in [0, 0.1) is 6.92 Å². The fourth-order valence-corrected chi connectivity index (χ4v) is 3.63. The van der Waals surface area contributed by atoms with E-state index < -0.39 is 5.60 Å². The molecule has 3 heterocycles. The van der Waals surface area contributed by atoms with Crippen molar-refractivity contribution in [2.45, 2.75) is 51.7 Å². The summed E-state index contributed by atoms with van der Waals surface area (Å²) in [5.74, 6) is 1.29. The molecule has 176 valence electrons. The molecule has 3 aromatic heterocycles. The van der Waals surface area contributed by atoms with E-state index >= 15 is 0 Å². The molecular weight excluding hydrogens is 434 g/mol. The maximum atomic E-state index is 13.2. The minimum absolute atomic E-state index is 0.209. The second kappa shape index (κ2) is 8.66. The van der Waals surface area contributed by atoms with Gasteiger partial charge in [-0.25, -0.2) is 4.98 Å². The lowest BCUT2D eigenvalue weighted by molar-refractivity contribution is -0.0269. The number of fused-ring (bicyclic) bond motifs is 1. The number of carbonyl (C=O) groups excluding carboxylic acids is 1. The monoisotopic (exact) mass is 461 g/mol. The van der Waals surface area contributed by atoms with Crippen LogP contribution in [0.5, 0.6) is 0 Å². The Balaban J connectivity index is 1.35. The van der Waals surface area contributed by atoms with Crippen molar-refractivity contribution in [1.82, 2.24) is 19.5 Å². The molecule has 1 aromatic carbocycles. The van der Waals surface area contributed by atoms with Gasteiger partial charge in [-0.15, -0.1) is 0 Å². The molecule has 0 saturated heterocycles. The van der Waals surface area contributed by atoms with Crippen LogP contribution in [0.1, 0.15) is 60.1 Å². The molecular formula is C25H27N5O4. The lowest BCUT2D eigenvalue weighted by atomic mass is 10.1. The van der Waals surface area contributed by atoms with Gasteiger partial charge in [0.1, 0.15) is 11.3 Å². The van der Waals surface area contributed by atoms with E-state index in [2.05, 4.69) is 20.4 Å². The highest BCUT2D eigenvalue weighted by molar-refractivity contribution is 6.04. The van der Waals surface area contributed by atoms with E-state index in [-0.39, 0.29) is 12.5 Å². The minimum atomic E-state index is -0.905. The number of pyridine rings is 1. The number of benzene rings is 1. The van der Waals surface area contributed by atoms with Crippen molar-refractivity contribution in [3.63, 3.8) is 0 Å². The Kier molecular flexibility index (Phi) is 5.66. The Morgan fingerprint density at radius 2 is 2.12 bits per heavy atom. The molecule has 1 aliphatic rings. The van der Waals surface area contributed by atoms with E-state index in [1.807, 2.05) is 43.5 Å². The number of carbonyl (C=O) groups is 1. The topological polar surface area (TPSA) is 115 Å². The van der Waals surface area contributed by atoms with Gasteiger partial charge in [-0.2, -0.15) is 4.98 Å². The van der Waals surface area contributed by atoms with Gasteiger partial charge >= 0.3 is 0 Å². The standard InChI is InChI=1S/C25H27N5O4/c1-15-4-6-18(22-28-24(34-29-22)17-7-8-17)10-19(15)27-23(31)20-11-26-21-9-5-16(12-30(20)21)13-33-14-25(2,3)32/h4-6,9-12,17,32H,7-8,13-14H2,1-3H3,(H,27,31). The third kappa shape index (κ3) is 4.85. The first-order chi connectivity index (χ1) is 16.3. The molecule has 0 atom stereocenters. The van der Waals surface area contributed by atoms with Crippen molar-refractivity contribution >= 4 is 17.2 Å². The number of hydrogen-bond acceptors (Lipinski definition) is 7. The van der Waals surface area contributed by atoms with Gasteiger partial charge in [0.05, 0.1) is 25.0 Å². The van der Waals surface area contributed by atoms with Crippen LogP contribution in [0.25, 0.3) is 17.0 Å². The third-order valence-corrected chi connectivity index (χ3v) is 5.64. The van der Waals surface area contributed by atoms with Gasteiger partial charge in [-0.1, -0.05) is 23.4 Å². The summed E-state index contributed by atoms with van der Waals surface area (Å²) in [5.41, 5.74) is 3.38. The lowest BCUT2D eigenvalue weighted by Crippen LogP contribution is -2.25. The minimum Gasteiger partial charge on any atom is -0.388 e. The number of aromatic nitrogens is 4. The van der Waals surface area contributed by atoms with Crippen LogP contribution in [-0.2, 0) is 11.3 Å². The molecule has 5 rings (SSSR count). The maximum absolute atomic E-state index is 13.2. The first kappa shape index (κ1) is 22.2. The average Bonchev–Trinajstić information content (AvgIpc) is 3.36. The summed E-state index contributed by atoms with van der Waals surface area (Å²) in [6, 6.07) is 9.42. The van der Waals surface area contributed by atoms with Gasteiger partial charge in [-0.3, -0.25) is 9.20 Å². The number of imidazole rings is 1. The normalized spacial score (nSPS) is 14.0. The van der Waals surface area contributed by atoms with E-state index in [1.54, 1.807) is 24.4 Å². The van der Waals surface area contributed by atoms with E-state index in [4.69, 9.17) is 9.26 Å². The van der Waals surface area contributed by atoms with Crippen LogP contribution in [0.3, 0.4) is 0 Å². The Morgan fingerprint density at radius 1 is 1.29 bits per heavy atom. The van der Waals surface area contributed by atoms with Gasteiger partial charge in [0, 0.05) is 23.4 Å². The molecule has 1 saturated carbocycles. The summed E-state index contributed by atoms with van der Waals surface area (Å²) in [6.45, 7) is 5.83. The van der Waals surface area contributed by atoms with Gasteiger partial charge in [0.15, 0.2) is 0 Å². The first-order valence-corrected chi connectivity index (χ1v) is 11.3. The zero-order valence-electron chi connectivity index (χ0n) is 19.4. The highest BCUT2D eigenvalue weighted by Gasteiger charge is 2.29. The average molecular weight is 462 g/mol. The molecule has 0 aliphatic heterocycles. The van der Waals surface area contributed by atoms with E-state index in [0.717, 1.165) is 29.5 Å². The third-order valence-electron chi connectivity index (χ3n) is 5.64. The summed E-state index contributed by atoms with van der Waals surface area (Å²) >= 11 is 0. The highest BCUT2D eigenvalue weighted by atomic mass is 16.5. The number of hydrogen-bond donors (Lipinski definition) is 2. The summed E-state index contributed by atoms with van der Waals surface area (Å²) in [6.07, 6.45) is 5.54. The molecule has 9 heteroatoms. The van der Waals surface area contributed by atoms with Gasteiger partial charge < -0.3 is 19.7 Å². The first-order valence-electron chi connectivity index (χ1n) is 11.3. The summed E-state index contributed by atoms with van der Waals surface area (Å²) in [4.78, 5) is 22.0. The molecule has 0 spiro atoms. The molecule has 1 fully saturated rings.